The molecule has 2 amide bonds. The van der Waals surface area contributed by atoms with E-state index >= 15 is 0 Å². The van der Waals surface area contributed by atoms with Gasteiger partial charge in [0.05, 0.1) is 59.0 Å². The fraction of sp³-hybridized carbons (Fsp3) is 0.348. The molecule has 2 aliphatic carbocycles. The number of aryl methyl sites for hydroxylation is 2. The predicted molar refractivity (Wildman–Crippen MR) is 225 cm³/mol. The molecule has 0 saturated carbocycles. The zero-order valence-electron chi connectivity index (χ0n) is 34.2. The highest BCUT2D eigenvalue weighted by molar-refractivity contribution is 6.02. The Morgan fingerprint density at radius 2 is 1.20 bits per heavy atom. The first kappa shape index (κ1) is 36.7. The van der Waals surface area contributed by atoms with E-state index < -0.39 is 0 Å². The molecule has 4 aliphatic heterocycles. The second-order valence-electron chi connectivity index (χ2n) is 17.1. The third-order valence-corrected chi connectivity index (χ3v) is 13.5. The highest BCUT2D eigenvalue weighted by Crippen LogP contribution is 2.46. The summed E-state index contributed by atoms with van der Waals surface area (Å²) in [5, 5.41) is 9.65. The Kier molecular flexibility index (Phi) is 8.30. The Morgan fingerprint density at radius 3 is 1.77 bits per heavy atom. The maximum absolute atomic E-state index is 12.9. The van der Waals surface area contributed by atoms with Crippen molar-refractivity contribution in [2.45, 2.75) is 36.5 Å². The Labute approximate surface area is 347 Å². The van der Waals surface area contributed by atoms with E-state index in [1.165, 1.54) is 0 Å². The lowest BCUT2D eigenvalue weighted by molar-refractivity contribution is 0.0688. The molecule has 304 valence electrons. The number of nitrogens with zero attached hydrogens (tertiary/aromatic N) is 6. The van der Waals surface area contributed by atoms with Crippen molar-refractivity contribution in [1.82, 2.24) is 50.3 Å². The monoisotopic (exact) mass is 802 g/mol. The summed E-state index contributed by atoms with van der Waals surface area (Å²) in [5.74, 6) is 3.06. The Bertz CT molecular complexity index is 2740. The third kappa shape index (κ3) is 5.46. The molecule has 0 bridgehead atoms. The minimum absolute atomic E-state index is 0.0126. The van der Waals surface area contributed by atoms with Crippen LogP contribution in [0.1, 0.15) is 54.4 Å². The van der Waals surface area contributed by atoms with Gasteiger partial charge in [-0.15, -0.1) is 0 Å². The molecule has 14 heteroatoms. The molecule has 2 saturated heterocycles. The van der Waals surface area contributed by atoms with E-state index in [9.17, 15) is 9.59 Å². The number of fused-ring (bicyclic) bond motifs is 12. The summed E-state index contributed by atoms with van der Waals surface area (Å²) in [7, 11) is 7.51. The van der Waals surface area contributed by atoms with Crippen molar-refractivity contribution < 1.29 is 19.1 Å². The van der Waals surface area contributed by atoms with Gasteiger partial charge in [-0.1, -0.05) is 0 Å². The summed E-state index contributed by atoms with van der Waals surface area (Å²) < 4.78 is 12.7. The molecule has 0 radical (unpaired) electrons. The number of benzene rings is 2. The SMILES string of the molecule is COc1ccc(-c2ncc3c(n2)-c2[nH]c4c(c2CC3)C(=O)NCC42CN(C)C2)cc1.COc1ccc(-c2ncc3c(n2)-c2c(c4c(n2C)C2(CNC2)CNC4=O)CC3)cc1. The number of nitrogens with one attached hydrogen (secondary N) is 4. The quantitative estimate of drug-likeness (QED) is 0.205. The molecular weight excluding hydrogens is 757 g/mol. The zero-order valence-corrected chi connectivity index (χ0v) is 34.2. The number of aromatic amines is 1. The molecule has 0 atom stereocenters. The van der Waals surface area contributed by atoms with Crippen LogP contribution in [-0.4, -0.2) is 107 Å². The summed E-state index contributed by atoms with van der Waals surface area (Å²) >= 11 is 0. The Hall–Kier alpha value is -6.38. The zero-order chi connectivity index (χ0) is 40.9. The van der Waals surface area contributed by atoms with E-state index in [1.807, 2.05) is 60.9 Å². The molecule has 2 spiro atoms. The van der Waals surface area contributed by atoms with Gasteiger partial charge >= 0.3 is 0 Å². The average Bonchev–Trinajstić information content (AvgIpc) is 3.82. The van der Waals surface area contributed by atoms with Crippen LogP contribution in [0.2, 0.25) is 0 Å². The molecule has 60 heavy (non-hydrogen) atoms. The Balaban J connectivity index is 0.000000136. The molecule has 0 unspecified atom stereocenters. The lowest BCUT2D eigenvalue weighted by Crippen LogP contribution is -2.65. The first-order valence-electron chi connectivity index (χ1n) is 20.6. The van der Waals surface area contributed by atoms with Gasteiger partial charge in [0.2, 0.25) is 0 Å². The first-order valence-corrected chi connectivity index (χ1v) is 20.6. The normalized spacial score (nSPS) is 18.5. The van der Waals surface area contributed by atoms with Crippen LogP contribution in [0.25, 0.3) is 45.6 Å². The molecule has 2 aromatic carbocycles. The average molecular weight is 803 g/mol. The van der Waals surface area contributed by atoms with Crippen LogP contribution in [0.4, 0.5) is 0 Å². The number of H-pyrrole nitrogens is 1. The van der Waals surface area contributed by atoms with Crippen molar-refractivity contribution in [3.05, 3.63) is 106 Å². The van der Waals surface area contributed by atoms with Gasteiger partial charge in [0, 0.05) is 81.2 Å². The molecule has 4 N–H and O–H groups in total. The highest BCUT2D eigenvalue weighted by Gasteiger charge is 2.51. The van der Waals surface area contributed by atoms with Crippen molar-refractivity contribution in [1.29, 1.82) is 0 Å². The van der Waals surface area contributed by atoms with Gasteiger partial charge in [-0.3, -0.25) is 9.59 Å². The summed E-state index contributed by atoms with van der Waals surface area (Å²) in [6.45, 7) is 5.07. The maximum atomic E-state index is 12.9. The van der Waals surface area contributed by atoms with Gasteiger partial charge in [0.15, 0.2) is 11.6 Å². The van der Waals surface area contributed by atoms with Gasteiger partial charge in [-0.2, -0.15) is 0 Å². The first-order chi connectivity index (χ1) is 29.2. The second-order valence-corrected chi connectivity index (χ2v) is 17.1. The van der Waals surface area contributed by atoms with Gasteiger partial charge in [-0.25, -0.2) is 19.9 Å². The topological polar surface area (TPSA) is 164 Å². The molecule has 12 rings (SSSR count). The lowest BCUT2D eigenvalue weighted by Gasteiger charge is -2.50. The van der Waals surface area contributed by atoms with Gasteiger partial charge in [-0.05, 0) is 104 Å². The fourth-order valence-corrected chi connectivity index (χ4v) is 10.5. The van der Waals surface area contributed by atoms with Gasteiger partial charge in [0.1, 0.15) is 11.5 Å². The molecule has 14 nitrogen and oxygen atoms in total. The second kappa shape index (κ2) is 13.6. The van der Waals surface area contributed by atoms with E-state index in [1.54, 1.807) is 14.2 Å². The van der Waals surface area contributed by atoms with Crippen LogP contribution in [0.5, 0.6) is 11.5 Å². The van der Waals surface area contributed by atoms with Crippen LogP contribution < -0.4 is 25.4 Å². The number of ether oxygens (including phenoxy) is 2. The fourth-order valence-electron chi connectivity index (χ4n) is 10.5. The molecule has 2 fully saturated rings. The van der Waals surface area contributed by atoms with Crippen LogP contribution in [0.3, 0.4) is 0 Å². The van der Waals surface area contributed by atoms with E-state index in [0.717, 1.165) is 142 Å². The highest BCUT2D eigenvalue weighted by atomic mass is 16.5. The molecule has 8 heterocycles. The Morgan fingerprint density at radius 1 is 0.650 bits per heavy atom. The number of likely N-dealkylation sites (tertiary alicyclic amines) is 1. The molecule has 6 aromatic rings. The molecular formula is C46H46N10O4. The minimum atomic E-state index is -0.0126. The van der Waals surface area contributed by atoms with Gasteiger partial charge < -0.3 is 39.9 Å². The number of carbonyl (C=O) groups excluding carboxylic acids is 2. The van der Waals surface area contributed by atoms with Crippen LogP contribution in [0.15, 0.2) is 60.9 Å². The number of methoxy groups -OCH3 is 2. The lowest BCUT2D eigenvalue weighted by atomic mass is 9.73. The number of hydrogen-bond donors (Lipinski definition) is 4. The van der Waals surface area contributed by atoms with Gasteiger partial charge in [0.25, 0.3) is 11.8 Å². The van der Waals surface area contributed by atoms with E-state index in [0.29, 0.717) is 24.7 Å². The van der Waals surface area contributed by atoms with E-state index in [2.05, 4.69) is 54.5 Å². The van der Waals surface area contributed by atoms with Crippen molar-refractivity contribution in [2.75, 3.05) is 60.5 Å². The number of rotatable bonds is 4. The van der Waals surface area contributed by atoms with E-state index in [-0.39, 0.29) is 22.6 Å². The summed E-state index contributed by atoms with van der Waals surface area (Å²) in [6, 6.07) is 15.6. The van der Waals surface area contributed by atoms with Crippen molar-refractivity contribution >= 4 is 11.8 Å². The largest absolute Gasteiger partial charge is 0.497 e. The van der Waals surface area contributed by atoms with E-state index in [4.69, 9.17) is 19.4 Å². The molecule has 6 aliphatic rings. The summed E-state index contributed by atoms with van der Waals surface area (Å²) in [5.41, 5.74) is 14.2. The molecule has 4 aromatic heterocycles. The number of likely N-dealkylation sites (N-methyl/N-ethyl adjacent to an activating group) is 1. The van der Waals surface area contributed by atoms with Crippen LogP contribution in [-0.2, 0) is 43.6 Å². The van der Waals surface area contributed by atoms with Crippen molar-refractivity contribution in [2.24, 2.45) is 7.05 Å². The van der Waals surface area contributed by atoms with Crippen molar-refractivity contribution in [3.63, 3.8) is 0 Å². The van der Waals surface area contributed by atoms with Crippen LogP contribution >= 0.6 is 0 Å². The minimum Gasteiger partial charge on any atom is -0.497 e. The standard InChI is InChI=1S/2C23H23N5O2/c1-28-19-16(17-20(28)23(10-24-11-23)12-26-22(17)29)8-5-14-9-25-21(27-18(14)19)13-3-6-15(30-2)7-4-13;1-28-11-23(12-28)10-25-22(29)17-16-8-5-14-9-24-21(13-3-6-15(30-2)7-4-13)27-18(14)19(16)26-20(17)23/h3-4,6-7,9,24H,5,8,10-12H2,1-2H3,(H,26,29);3-4,6-7,9,26H,5,8,10-12H2,1-2H3,(H,25,29). The number of carbonyl (C=O) groups is 2. The summed E-state index contributed by atoms with van der Waals surface area (Å²) in [4.78, 5) is 50.7. The van der Waals surface area contributed by atoms with Crippen LogP contribution in [0, 0.1) is 0 Å². The number of amides is 2. The maximum Gasteiger partial charge on any atom is 0.253 e. The predicted octanol–water partition coefficient (Wildman–Crippen LogP) is 4.01. The summed E-state index contributed by atoms with van der Waals surface area (Å²) in [6.07, 6.45) is 7.23. The third-order valence-electron chi connectivity index (χ3n) is 13.5. The number of aromatic nitrogens is 6. The van der Waals surface area contributed by atoms with Crippen molar-refractivity contribution in [3.8, 4) is 57.1 Å². The number of hydrogen-bond acceptors (Lipinski definition) is 10. The smallest absolute Gasteiger partial charge is 0.253 e.